The second kappa shape index (κ2) is 3.50. The number of rotatable bonds is 1. The van der Waals surface area contributed by atoms with Crippen LogP contribution in [0.1, 0.15) is 31.2 Å². The van der Waals surface area contributed by atoms with E-state index in [1.165, 1.54) is 31.2 Å². The molecule has 3 rings (SSSR count). The molecule has 80 valence electrons. The fourth-order valence-corrected chi connectivity index (χ4v) is 3.58. The lowest BCUT2D eigenvalue weighted by atomic mass is 9.84. The minimum atomic E-state index is 0.196. The Morgan fingerprint density at radius 3 is 3.00 bits per heavy atom. The minimum Gasteiger partial charge on any atom is -0.307 e. The molecule has 2 unspecified atom stereocenters. The molecule has 1 aromatic rings. The molecule has 0 amide bonds. The lowest BCUT2D eigenvalue weighted by molar-refractivity contribution is 0.275. The molecule has 2 bridgehead atoms. The summed E-state index contributed by atoms with van der Waals surface area (Å²) in [5.41, 5.74) is 1.51. The zero-order chi connectivity index (χ0) is 10.3. The Morgan fingerprint density at radius 1 is 1.27 bits per heavy atom. The summed E-state index contributed by atoms with van der Waals surface area (Å²) in [5.74, 6) is 0.919. The van der Waals surface area contributed by atoms with Crippen LogP contribution in [-0.4, -0.2) is 6.54 Å². The molecule has 1 aromatic carbocycles. The first-order valence-corrected chi connectivity index (χ1v) is 6.18. The summed E-state index contributed by atoms with van der Waals surface area (Å²) in [6.45, 7) is 1.15. The molecule has 15 heavy (non-hydrogen) atoms. The number of piperidine rings is 1. The lowest BCUT2D eigenvalue weighted by Gasteiger charge is -2.35. The van der Waals surface area contributed by atoms with Gasteiger partial charge in [0, 0.05) is 10.6 Å². The van der Waals surface area contributed by atoms with Crippen LogP contribution in [-0.2, 0) is 5.54 Å². The van der Waals surface area contributed by atoms with Gasteiger partial charge in [0.2, 0.25) is 0 Å². The molecule has 1 aliphatic heterocycles. The van der Waals surface area contributed by atoms with Crippen molar-refractivity contribution in [2.75, 3.05) is 6.54 Å². The predicted octanol–water partition coefficient (Wildman–Crippen LogP) is 3.33. The number of hydrogen-bond acceptors (Lipinski definition) is 1. The zero-order valence-corrected chi connectivity index (χ0v) is 9.56. The van der Waals surface area contributed by atoms with Gasteiger partial charge in [-0.1, -0.05) is 29.8 Å². The van der Waals surface area contributed by atoms with Crippen molar-refractivity contribution in [2.24, 2.45) is 5.92 Å². The van der Waals surface area contributed by atoms with Crippen LogP contribution < -0.4 is 5.32 Å². The molecule has 0 spiro atoms. The van der Waals surface area contributed by atoms with Gasteiger partial charge in [0.1, 0.15) is 0 Å². The summed E-state index contributed by atoms with van der Waals surface area (Å²) in [7, 11) is 0. The Morgan fingerprint density at radius 2 is 2.13 bits per heavy atom. The van der Waals surface area contributed by atoms with Crippen LogP contribution in [0.4, 0.5) is 0 Å². The summed E-state index contributed by atoms with van der Waals surface area (Å²) >= 11 is 6.30. The van der Waals surface area contributed by atoms with Gasteiger partial charge in [-0.2, -0.15) is 0 Å². The van der Waals surface area contributed by atoms with E-state index < -0.39 is 0 Å². The lowest BCUT2D eigenvalue weighted by Crippen LogP contribution is -2.43. The van der Waals surface area contributed by atoms with Gasteiger partial charge < -0.3 is 5.32 Å². The molecule has 1 saturated heterocycles. The van der Waals surface area contributed by atoms with Gasteiger partial charge in [0.25, 0.3) is 0 Å². The van der Waals surface area contributed by atoms with E-state index >= 15 is 0 Å². The molecule has 1 N–H and O–H groups in total. The third-order valence-corrected chi connectivity index (χ3v) is 4.35. The third kappa shape index (κ3) is 1.49. The average Bonchev–Trinajstić information content (AvgIpc) is 2.56. The molecule has 0 radical (unpaired) electrons. The first kappa shape index (κ1) is 9.68. The van der Waals surface area contributed by atoms with Crippen LogP contribution in [0, 0.1) is 5.92 Å². The molecular weight excluding hydrogens is 206 g/mol. The molecule has 1 aliphatic carbocycles. The van der Waals surface area contributed by atoms with E-state index in [4.69, 9.17) is 11.6 Å². The maximum atomic E-state index is 6.30. The first-order chi connectivity index (χ1) is 7.30. The molecule has 1 saturated carbocycles. The van der Waals surface area contributed by atoms with Gasteiger partial charge in [-0.05, 0) is 49.8 Å². The van der Waals surface area contributed by atoms with Crippen molar-refractivity contribution in [2.45, 2.75) is 31.2 Å². The maximum Gasteiger partial charge on any atom is 0.0456 e. The first-order valence-electron chi connectivity index (χ1n) is 5.80. The van der Waals surface area contributed by atoms with Crippen LogP contribution in [0.3, 0.4) is 0 Å². The van der Waals surface area contributed by atoms with E-state index in [-0.39, 0.29) is 5.54 Å². The van der Waals surface area contributed by atoms with E-state index in [2.05, 4.69) is 17.4 Å². The van der Waals surface area contributed by atoms with E-state index in [0.29, 0.717) is 0 Å². The molecule has 2 aliphatic rings. The monoisotopic (exact) mass is 221 g/mol. The van der Waals surface area contributed by atoms with Crippen molar-refractivity contribution in [3.05, 3.63) is 34.9 Å². The van der Waals surface area contributed by atoms with Crippen molar-refractivity contribution >= 4 is 11.6 Å². The van der Waals surface area contributed by atoms with Crippen LogP contribution in [0.5, 0.6) is 0 Å². The fourth-order valence-electron chi connectivity index (χ4n) is 3.26. The van der Waals surface area contributed by atoms with Crippen molar-refractivity contribution in [1.82, 2.24) is 5.32 Å². The highest BCUT2D eigenvalue weighted by atomic mass is 35.5. The van der Waals surface area contributed by atoms with Crippen molar-refractivity contribution < 1.29 is 0 Å². The highest BCUT2D eigenvalue weighted by molar-refractivity contribution is 6.31. The van der Waals surface area contributed by atoms with E-state index in [0.717, 1.165) is 17.5 Å². The van der Waals surface area contributed by atoms with Crippen molar-refractivity contribution in [3.8, 4) is 0 Å². The van der Waals surface area contributed by atoms with Gasteiger partial charge >= 0.3 is 0 Å². The number of hydrogen-bond donors (Lipinski definition) is 1. The van der Waals surface area contributed by atoms with Crippen LogP contribution in [0.2, 0.25) is 5.02 Å². The summed E-state index contributed by atoms with van der Waals surface area (Å²) < 4.78 is 0. The standard InChI is InChI=1S/C13H16ClN/c14-12-4-2-1-3-11(12)13-7-5-10(9-13)6-8-15-13/h1-4,10,15H,5-9H2. The summed E-state index contributed by atoms with van der Waals surface area (Å²) in [5, 5.41) is 4.62. The van der Waals surface area contributed by atoms with Crippen LogP contribution in [0.15, 0.2) is 24.3 Å². The summed E-state index contributed by atoms with van der Waals surface area (Å²) in [6.07, 6.45) is 5.22. The SMILES string of the molecule is Clc1ccccc1C12CCC(CCN1)C2. The van der Waals surface area contributed by atoms with E-state index in [9.17, 15) is 0 Å². The quantitative estimate of drug-likeness (QED) is 0.767. The normalized spacial score (nSPS) is 34.3. The zero-order valence-electron chi connectivity index (χ0n) is 8.80. The van der Waals surface area contributed by atoms with Gasteiger partial charge in [0.05, 0.1) is 0 Å². The summed E-state index contributed by atoms with van der Waals surface area (Å²) in [4.78, 5) is 0. The van der Waals surface area contributed by atoms with Crippen LogP contribution in [0.25, 0.3) is 0 Å². The summed E-state index contributed by atoms with van der Waals surface area (Å²) in [6, 6.07) is 8.30. The maximum absolute atomic E-state index is 6.30. The Kier molecular flexibility index (Phi) is 2.26. The number of benzene rings is 1. The minimum absolute atomic E-state index is 0.196. The second-order valence-electron chi connectivity index (χ2n) is 4.89. The molecule has 0 aromatic heterocycles. The van der Waals surface area contributed by atoms with Gasteiger partial charge in [-0.25, -0.2) is 0 Å². The number of nitrogens with one attached hydrogen (secondary N) is 1. The number of fused-ring (bicyclic) bond motifs is 2. The van der Waals surface area contributed by atoms with Gasteiger partial charge in [-0.3, -0.25) is 0 Å². The van der Waals surface area contributed by atoms with Gasteiger partial charge in [-0.15, -0.1) is 0 Å². The Labute approximate surface area is 95.8 Å². The Balaban J connectivity index is 2.02. The molecular formula is C13H16ClN. The third-order valence-electron chi connectivity index (χ3n) is 4.02. The highest BCUT2D eigenvalue weighted by Crippen LogP contribution is 2.47. The smallest absolute Gasteiger partial charge is 0.0456 e. The highest BCUT2D eigenvalue weighted by Gasteiger charge is 2.43. The largest absolute Gasteiger partial charge is 0.307 e. The predicted molar refractivity (Wildman–Crippen MR) is 63.1 cm³/mol. The van der Waals surface area contributed by atoms with Gasteiger partial charge in [0.15, 0.2) is 0 Å². The second-order valence-corrected chi connectivity index (χ2v) is 5.29. The molecule has 2 atom stereocenters. The molecule has 1 nitrogen and oxygen atoms in total. The Hall–Kier alpha value is -0.530. The molecule has 1 heterocycles. The molecule has 2 heteroatoms. The average molecular weight is 222 g/mol. The Bertz CT molecular complexity index is 373. The van der Waals surface area contributed by atoms with E-state index in [1.807, 2.05) is 12.1 Å². The fraction of sp³-hybridized carbons (Fsp3) is 0.538. The topological polar surface area (TPSA) is 12.0 Å². The van der Waals surface area contributed by atoms with Crippen molar-refractivity contribution in [3.63, 3.8) is 0 Å². The van der Waals surface area contributed by atoms with Crippen LogP contribution >= 0.6 is 11.6 Å². The molecule has 2 fully saturated rings. The van der Waals surface area contributed by atoms with Crippen molar-refractivity contribution in [1.29, 1.82) is 0 Å². The number of halogens is 1. The van der Waals surface area contributed by atoms with E-state index in [1.54, 1.807) is 0 Å².